The number of ether oxygens (including phenoxy) is 1. The lowest BCUT2D eigenvalue weighted by Crippen LogP contribution is -2.24. The van der Waals surface area contributed by atoms with E-state index >= 15 is 0 Å². The molecule has 0 aromatic heterocycles. The Morgan fingerprint density at radius 3 is 2.41 bits per heavy atom. The molecule has 0 amide bonds. The predicted octanol–water partition coefficient (Wildman–Crippen LogP) is 3.03. The summed E-state index contributed by atoms with van der Waals surface area (Å²) in [6, 6.07) is 0. The molecule has 0 radical (unpaired) electrons. The van der Waals surface area contributed by atoms with Crippen LogP contribution in [0, 0.1) is 17.8 Å². The van der Waals surface area contributed by atoms with E-state index in [0.29, 0.717) is 6.61 Å². The second kappa shape index (κ2) is 6.95. The molecule has 1 saturated carbocycles. The van der Waals surface area contributed by atoms with Crippen LogP contribution in [0.2, 0.25) is 0 Å². The van der Waals surface area contributed by atoms with E-state index in [2.05, 4.69) is 0 Å². The molecular weight excluding hydrogens is 260 g/mol. The molecule has 1 aliphatic carbocycles. The molecule has 1 atom stereocenters. The van der Waals surface area contributed by atoms with Gasteiger partial charge in [0.1, 0.15) is 0 Å². The number of halogens is 1. The Labute approximate surface area is 109 Å². The van der Waals surface area contributed by atoms with E-state index < -0.39 is 9.05 Å². The molecule has 0 aromatic carbocycles. The van der Waals surface area contributed by atoms with Gasteiger partial charge in [0.05, 0.1) is 12.4 Å². The maximum atomic E-state index is 11.1. The van der Waals surface area contributed by atoms with Crippen LogP contribution in [-0.4, -0.2) is 27.4 Å². The summed E-state index contributed by atoms with van der Waals surface area (Å²) in [6.07, 6.45) is 5.11. The van der Waals surface area contributed by atoms with Gasteiger partial charge < -0.3 is 4.74 Å². The highest BCUT2D eigenvalue weighted by Gasteiger charge is 2.21. The summed E-state index contributed by atoms with van der Waals surface area (Å²) in [7, 11) is 1.86. The maximum Gasteiger partial charge on any atom is 0.232 e. The monoisotopic (exact) mass is 282 g/mol. The molecular formula is C12H23ClO3S. The van der Waals surface area contributed by atoms with Crippen molar-refractivity contribution in [3.05, 3.63) is 0 Å². The van der Waals surface area contributed by atoms with Crippen molar-refractivity contribution in [2.75, 3.05) is 19.0 Å². The lowest BCUT2D eigenvalue weighted by molar-refractivity contribution is 0.0725. The van der Waals surface area contributed by atoms with Gasteiger partial charge in [0, 0.05) is 17.3 Å². The van der Waals surface area contributed by atoms with E-state index in [1.807, 2.05) is 13.8 Å². The molecule has 17 heavy (non-hydrogen) atoms. The van der Waals surface area contributed by atoms with E-state index in [4.69, 9.17) is 15.4 Å². The van der Waals surface area contributed by atoms with Gasteiger partial charge in [0.25, 0.3) is 0 Å². The van der Waals surface area contributed by atoms with Gasteiger partial charge in [-0.3, -0.25) is 0 Å². The largest absolute Gasteiger partial charge is 0.381 e. The quantitative estimate of drug-likeness (QED) is 0.508. The normalized spacial score (nSPS) is 19.3. The molecule has 1 rings (SSSR count). The Bertz CT molecular complexity index is 310. The summed E-state index contributed by atoms with van der Waals surface area (Å²) >= 11 is 0. The van der Waals surface area contributed by atoms with Crippen molar-refractivity contribution in [1.29, 1.82) is 0 Å². The van der Waals surface area contributed by atoms with Crippen LogP contribution in [0.4, 0.5) is 0 Å². The molecule has 1 aliphatic rings. The Morgan fingerprint density at radius 2 is 2.00 bits per heavy atom. The van der Waals surface area contributed by atoms with Crippen LogP contribution in [-0.2, 0) is 13.8 Å². The van der Waals surface area contributed by atoms with E-state index in [9.17, 15) is 8.42 Å². The maximum absolute atomic E-state index is 11.1. The van der Waals surface area contributed by atoms with Crippen LogP contribution in [0.25, 0.3) is 0 Å². The second-order valence-electron chi connectivity index (χ2n) is 5.37. The smallest absolute Gasteiger partial charge is 0.232 e. The Hall–Kier alpha value is 0.200. The first kappa shape index (κ1) is 15.3. The average Bonchev–Trinajstić information content (AvgIpc) is 2.10. The fourth-order valence-corrected chi connectivity index (χ4v) is 3.43. The van der Waals surface area contributed by atoms with Crippen LogP contribution in [0.3, 0.4) is 0 Å². The van der Waals surface area contributed by atoms with Crippen molar-refractivity contribution in [2.45, 2.75) is 39.5 Å². The van der Waals surface area contributed by atoms with Gasteiger partial charge in [0.15, 0.2) is 0 Å². The highest BCUT2D eigenvalue weighted by molar-refractivity contribution is 8.13. The third-order valence-corrected chi connectivity index (χ3v) is 4.79. The number of rotatable bonds is 8. The van der Waals surface area contributed by atoms with Gasteiger partial charge in [-0.1, -0.05) is 33.1 Å². The lowest BCUT2D eigenvalue weighted by Gasteiger charge is -2.25. The molecule has 5 heteroatoms. The van der Waals surface area contributed by atoms with Crippen LogP contribution in [0.15, 0.2) is 0 Å². The Morgan fingerprint density at radius 1 is 1.35 bits per heavy atom. The van der Waals surface area contributed by atoms with Crippen LogP contribution < -0.4 is 0 Å². The predicted molar refractivity (Wildman–Crippen MR) is 70.7 cm³/mol. The van der Waals surface area contributed by atoms with E-state index in [0.717, 1.165) is 18.9 Å². The molecule has 3 nitrogen and oxygen atoms in total. The summed E-state index contributed by atoms with van der Waals surface area (Å²) in [5.74, 6) is 1.12. The van der Waals surface area contributed by atoms with Crippen molar-refractivity contribution < 1.29 is 13.2 Å². The van der Waals surface area contributed by atoms with Crippen molar-refractivity contribution in [2.24, 2.45) is 17.8 Å². The van der Waals surface area contributed by atoms with Gasteiger partial charge in [-0.25, -0.2) is 8.42 Å². The standard InChI is InChI=1S/C12H23ClO3S/c1-10(2)12(9-17(13,14)15)8-16-7-6-11-4-3-5-11/h10-12H,3-9H2,1-2H3. The number of hydrogen-bond donors (Lipinski definition) is 0. The molecule has 0 spiro atoms. The molecule has 1 unspecified atom stereocenters. The molecule has 0 bridgehead atoms. The summed E-state index contributed by atoms with van der Waals surface area (Å²) in [5, 5.41) is 0. The van der Waals surface area contributed by atoms with Crippen molar-refractivity contribution in [3.63, 3.8) is 0 Å². The molecule has 0 aliphatic heterocycles. The zero-order valence-electron chi connectivity index (χ0n) is 10.7. The van der Waals surface area contributed by atoms with Crippen LogP contribution in [0.1, 0.15) is 39.5 Å². The minimum Gasteiger partial charge on any atom is -0.381 e. The van der Waals surface area contributed by atoms with Gasteiger partial charge in [0.2, 0.25) is 9.05 Å². The zero-order chi connectivity index (χ0) is 12.9. The Kier molecular flexibility index (Phi) is 6.24. The molecule has 102 valence electrons. The van der Waals surface area contributed by atoms with Gasteiger partial charge in [-0.05, 0) is 24.2 Å². The Balaban J connectivity index is 2.19. The first-order valence-electron chi connectivity index (χ1n) is 6.38. The first-order valence-corrected chi connectivity index (χ1v) is 8.86. The third-order valence-electron chi connectivity index (χ3n) is 3.58. The van der Waals surface area contributed by atoms with Crippen LogP contribution >= 0.6 is 10.7 Å². The van der Waals surface area contributed by atoms with Crippen molar-refractivity contribution >= 4 is 19.7 Å². The van der Waals surface area contributed by atoms with Gasteiger partial charge in [-0.2, -0.15) is 0 Å². The summed E-state index contributed by atoms with van der Waals surface area (Å²) in [6.45, 7) is 5.25. The van der Waals surface area contributed by atoms with E-state index in [-0.39, 0.29) is 17.6 Å². The highest BCUT2D eigenvalue weighted by Crippen LogP contribution is 2.29. The van der Waals surface area contributed by atoms with Crippen molar-refractivity contribution in [1.82, 2.24) is 0 Å². The highest BCUT2D eigenvalue weighted by atomic mass is 35.7. The molecule has 0 saturated heterocycles. The molecule has 0 aromatic rings. The SMILES string of the molecule is CC(C)C(COCCC1CCC1)CS(=O)(=O)Cl. The summed E-state index contributed by atoms with van der Waals surface area (Å²) in [5.41, 5.74) is 0. The summed E-state index contributed by atoms with van der Waals surface area (Å²) < 4.78 is 27.7. The zero-order valence-corrected chi connectivity index (χ0v) is 12.3. The number of hydrogen-bond acceptors (Lipinski definition) is 3. The minimum absolute atomic E-state index is 0.00103. The van der Waals surface area contributed by atoms with Gasteiger partial charge >= 0.3 is 0 Å². The minimum atomic E-state index is -3.42. The topological polar surface area (TPSA) is 43.4 Å². The molecule has 0 heterocycles. The third kappa shape index (κ3) is 6.63. The average molecular weight is 283 g/mol. The molecule has 1 fully saturated rings. The molecule has 0 N–H and O–H groups in total. The van der Waals surface area contributed by atoms with E-state index in [1.54, 1.807) is 0 Å². The summed E-state index contributed by atoms with van der Waals surface area (Å²) in [4.78, 5) is 0. The fourth-order valence-electron chi connectivity index (χ4n) is 1.95. The first-order chi connectivity index (χ1) is 7.88. The van der Waals surface area contributed by atoms with Crippen LogP contribution in [0.5, 0.6) is 0 Å². The van der Waals surface area contributed by atoms with Crippen molar-refractivity contribution in [3.8, 4) is 0 Å². The fraction of sp³-hybridized carbons (Fsp3) is 1.00. The van der Waals surface area contributed by atoms with E-state index in [1.165, 1.54) is 19.3 Å². The van der Waals surface area contributed by atoms with Gasteiger partial charge in [-0.15, -0.1) is 0 Å². The second-order valence-corrected chi connectivity index (χ2v) is 8.19. The lowest BCUT2D eigenvalue weighted by atomic mass is 9.83.